The summed E-state index contributed by atoms with van der Waals surface area (Å²) in [5.41, 5.74) is -0.186. The van der Waals surface area contributed by atoms with Gasteiger partial charge >= 0.3 is 0 Å². The second-order valence-corrected chi connectivity index (χ2v) is 8.71. The lowest BCUT2D eigenvalue weighted by Crippen LogP contribution is -2.28. The summed E-state index contributed by atoms with van der Waals surface area (Å²) in [5.74, 6) is 1.72. The zero-order valence-corrected chi connectivity index (χ0v) is 15.7. The first-order valence-electron chi connectivity index (χ1n) is 7.55. The molecular weight excluding hydrogens is 324 g/mol. The number of nitrogens with zero attached hydrogens (tertiary/aromatic N) is 1. The van der Waals surface area contributed by atoms with Crippen molar-refractivity contribution >= 4 is 20.6 Å². The van der Waals surface area contributed by atoms with Crippen molar-refractivity contribution in [3.05, 3.63) is 39.4 Å². The van der Waals surface area contributed by atoms with Crippen LogP contribution in [0.25, 0.3) is 0 Å². The lowest BCUT2D eigenvalue weighted by atomic mass is 9.83. The highest BCUT2D eigenvalue weighted by molar-refractivity contribution is 6.48. The number of nitrogens with one attached hydrogen (secondary N) is 1. The zero-order chi connectivity index (χ0) is 18.5. The highest BCUT2D eigenvalue weighted by atomic mass is 28.3. The summed E-state index contributed by atoms with van der Waals surface area (Å²) in [6, 6.07) is 4.71. The molecule has 0 aliphatic carbocycles. The van der Waals surface area contributed by atoms with Crippen LogP contribution in [0.1, 0.15) is 42.8 Å². The normalized spacial score (nSPS) is 12.5. The second-order valence-electron chi connectivity index (χ2n) is 6.66. The predicted molar refractivity (Wildman–Crippen MR) is 95.0 cm³/mol. The molecule has 7 heteroatoms. The second kappa shape index (κ2) is 8.08. The van der Waals surface area contributed by atoms with Gasteiger partial charge in [0.1, 0.15) is 5.56 Å². The van der Waals surface area contributed by atoms with E-state index in [1.54, 1.807) is 12.1 Å². The van der Waals surface area contributed by atoms with Crippen LogP contribution in [0, 0.1) is 27.9 Å². The lowest BCUT2D eigenvalue weighted by Gasteiger charge is -2.32. The summed E-state index contributed by atoms with van der Waals surface area (Å²) in [4.78, 5) is 23.4. The SMILES string of the molecule is C#CCNC(=O)c1cccc(C(O[Si](C)C)C(C)(C)C)c1[N+](=O)[O-]. The minimum atomic E-state index is -1.10. The Hall–Kier alpha value is -2.17. The zero-order valence-electron chi connectivity index (χ0n) is 14.7. The third kappa shape index (κ3) is 4.91. The molecule has 1 radical (unpaired) electrons. The number of hydrogen-bond donors (Lipinski definition) is 1. The number of nitro benzene ring substituents is 1. The predicted octanol–water partition coefficient (Wildman–Crippen LogP) is 3.31. The number of amides is 1. The average molecular weight is 347 g/mol. The van der Waals surface area contributed by atoms with E-state index >= 15 is 0 Å². The molecule has 0 aromatic heterocycles. The maximum absolute atomic E-state index is 12.2. The Morgan fingerprint density at radius 2 is 2.08 bits per heavy atom. The third-order valence-electron chi connectivity index (χ3n) is 3.27. The first kappa shape index (κ1) is 19.9. The van der Waals surface area contributed by atoms with E-state index in [2.05, 4.69) is 11.2 Å². The Bertz CT molecular complexity index is 660. The van der Waals surface area contributed by atoms with Gasteiger partial charge in [-0.15, -0.1) is 6.42 Å². The standard InChI is InChI=1S/C17H23N2O4Si/c1-7-11-18-16(20)13-10-8-9-12(14(13)19(21)22)15(17(2,3)4)23-24(5)6/h1,8-10,15H,11H2,2-6H3,(H,18,20). The van der Waals surface area contributed by atoms with Crippen molar-refractivity contribution in [2.75, 3.05) is 6.54 Å². The van der Waals surface area contributed by atoms with Gasteiger partial charge < -0.3 is 9.74 Å². The van der Waals surface area contributed by atoms with Crippen LogP contribution >= 0.6 is 0 Å². The summed E-state index contributed by atoms with van der Waals surface area (Å²) in [5, 5.41) is 14.2. The Labute approximate surface area is 144 Å². The van der Waals surface area contributed by atoms with Gasteiger partial charge in [-0.3, -0.25) is 14.9 Å². The number of rotatable bonds is 6. The monoisotopic (exact) mass is 347 g/mol. The van der Waals surface area contributed by atoms with Crippen LogP contribution in [0.15, 0.2) is 18.2 Å². The molecule has 1 rings (SSSR count). The Kier molecular flexibility index (Phi) is 6.69. The fourth-order valence-corrected chi connectivity index (χ4v) is 3.28. The number of hydrogen-bond acceptors (Lipinski definition) is 4. The van der Waals surface area contributed by atoms with Crippen LogP contribution in [-0.2, 0) is 4.43 Å². The summed E-state index contributed by atoms with van der Waals surface area (Å²) in [7, 11) is -1.10. The van der Waals surface area contributed by atoms with Crippen LogP contribution < -0.4 is 5.32 Å². The number of carbonyl (C=O) groups excluding carboxylic acids is 1. The molecule has 0 saturated heterocycles. The molecule has 0 spiro atoms. The van der Waals surface area contributed by atoms with Crippen LogP contribution in [-0.4, -0.2) is 26.4 Å². The van der Waals surface area contributed by atoms with E-state index in [1.165, 1.54) is 6.07 Å². The number of nitro groups is 1. The molecule has 0 aliphatic heterocycles. The number of carbonyl (C=O) groups is 1. The molecule has 1 atom stereocenters. The molecule has 0 fully saturated rings. The summed E-state index contributed by atoms with van der Waals surface area (Å²) in [6.07, 6.45) is 4.64. The fourth-order valence-electron chi connectivity index (χ4n) is 2.33. The maximum atomic E-state index is 12.2. The van der Waals surface area contributed by atoms with E-state index in [0.29, 0.717) is 5.56 Å². The van der Waals surface area contributed by atoms with Crippen molar-refractivity contribution in [3.8, 4) is 12.3 Å². The average Bonchev–Trinajstić information content (AvgIpc) is 2.48. The van der Waals surface area contributed by atoms with Crippen molar-refractivity contribution in [1.29, 1.82) is 0 Å². The molecule has 1 aromatic rings. The van der Waals surface area contributed by atoms with Crippen molar-refractivity contribution in [2.24, 2.45) is 5.41 Å². The van der Waals surface area contributed by atoms with Gasteiger partial charge in [-0.2, -0.15) is 0 Å². The maximum Gasteiger partial charge on any atom is 0.287 e. The van der Waals surface area contributed by atoms with Gasteiger partial charge in [0.15, 0.2) is 0 Å². The molecule has 0 heterocycles. The van der Waals surface area contributed by atoms with Crippen molar-refractivity contribution in [1.82, 2.24) is 5.32 Å². The third-order valence-corrected chi connectivity index (χ3v) is 3.98. The van der Waals surface area contributed by atoms with Crippen LogP contribution in [0.3, 0.4) is 0 Å². The minimum absolute atomic E-state index is 0.00780. The Morgan fingerprint density at radius 3 is 2.54 bits per heavy atom. The largest absolute Gasteiger partial charge is 0.409 e. The van der Waals surface area contributed by atoms with Crippen LogP contribution in [0.2, 0.25) is 13.1 Å². The van der Waals surface area contributed by atoms with Gasteiger partial charge in [0, 0.05) is 0 Å². The molecule has 0 saturated carbocycles. The molecule has 1 unspecified atom stereocenters. The molecule has 0 bridgehead atoms. The Balaban J connectivity index is 3.49. The van der Waals surface area contributed by atoms with Gasteiger partial charge in [0.2, 0.25) is 9.04 Å². The molecule has 0 aliphatic rings. The molecule has 24 heavy (non-hydrogen) atoms. The highest BCUT2D eigenvalue weighted by Gasteiger charge is 2.35. The van der Waals surface area contributed by atoms with Crippen molar-refractivity contribution in [2.45, 2.75) is 40.0 Å². The van der Waals surface area contributed by atoms with E-state index < -0.39 is 26.0 Å². The Morgan fingerprint density at radius 1 is 1.46 bits per heavy atom. The van der Waals surface area contributed by atoms with Crippen LogP contribution in [0.4, 0.5) is 5.69 Å². The van der Waals surface area contributed by atoms with E-state index in [1.807, 2.05) is 33.9 Å². The quantitative estimate of drug-likeness (QED) is 0.370. The van der Waals surface area contributed by atoms with Gasteiger partial charge in [-0.25, -0.2) is 0 Å². The summed E-state index contributed by atoms with van der Waals surface area (Å²) < 4.78 is 6.04. The molecule has 1 amide bonds. The summed E-state index contributed by atoms with van der Waals surface area (Å²) in [6.45, 7) is 9.82. The van der Waals surface area contributed by atoms with Crippen molar-refractivity contribution in [3.63, 3.8) is 0 Å². The highest BCUT2D eigenvalue weighted by Crippen LogP contribution is 2.41. The molecular formula is C17H23N2O4Si. The van der Waals surface area contributed by atoms with E-state index in [9.17, 15) is 14.9 Å². The van der Waals surface area contributed by atoms with Crippen LogP contribution in [0.5, 0.6) is 0 Å². The molecule has 6 nitrogen and oxygen atoms in total. The van der Waals surface area contributed by atoms with Gasteiger partial charge in [0.25, 0.3) is 11.6 Å². The minimum Gasteiger partial charge on any atom is -0.409 e. The molecule has 1 aromatic carbocycles. The number of para-hydroxylation sites is 1. The first-order valence-corrected chi connectivity index (χ1v) is 9.96. The number of terminal acetylenes is 1. The van der Waals surface area contributed by atoms with E-state index in [-0.39, 0.29) is 23.2 Å². The van der Waals surface area contributed by atoms with E-state index in [4.69, 9.17) is 10.8 Å². The summed E-state index contributed by atoms with van der Waals surface area (Å²) >= 11 is 0. The topological polar surface area (TPSA) is 81.5 Å². The van der Waals surface area contributed by atoms with E-state index in [0.717, 1.165) is 0 Å². The fraction of sp³-hybridized carbons (Fsp3) is 0.471. The van der Waals surface area contributed by atoms with Gasteiger partial charge in [0.05, 0.1) is 23.1 Å². The lowest BCUT2D eigenvalue weighted by molar-refractivity contribution is -0.386. The smallest absolute Gasteiger partial charge is 0.287 e. The first-order chi connectivity index (χ1) is 11.1. The molecule has 129 valence electrons. The van der Waals surface area contributed by atoms with Gasteiger partial charge in [-0.1, -0.05) is 32.8 Å². The number of benzene rings is 1. The molecule has 1 N–H and O–H groups in total. The van der Waals surface area contributed by atoms with Crippen molar-refractivity contribution < 1.29 is 14.1 Å². The van der Waals surface area contributed by atoms with Gasteiger partial charge in [-0.05, 0) is 30.6 Å².